The Morgan fingerprint density at radius 3 is 2.38 bits per heavy atom. The van der Waals surface area contributed by atoms with Gasteiger partial charge in [0, 0.05) is 53.8 Å². The molecule has 37 heavy (non-hydrogen) atoms. The Balaban J connectivity index is 1.51. The molecular formula is C32H38N2O3. The second-order valence-corrected chi connectivity index (χ2v) is 9.98. The number of nitrogens with zero attached hydrogens (tertiary/aromatic N) is 1. The molecule has 3 aromatic rings. The number of unbranched alkanes of at least 4 members (excludes halogenated alkanes) is 5. The van der Waals surface area contributed by atoms with Gasteiger partial charge in [-0.05, 0) is 56.7 Å². The molecule has 2 heterocycles. The van der Waals surface area contributed by atoms with Crippen molar-refractivity contribution in [3.8, 4) is 11.5 Å². The van der Waals surface area contributed by atoms with Crippen LogP contribution < -0.4 is 15.0 Å². The van der Waals surface area contributed by atoms with E-state index in [0.717, 1.165) is 65.6 Å². The topological polar surface area (TPSA) is 50.8 Å². The summed E-state index contributed by atoms with van der Waals surface area (Å²) in [6, 6.07) is 20.1. The molecule has 0 bridgehead atoms. The molecule has 0 saturated carbocycles. The number of nitrogens with one attached hydrogen (secondary N) is 1. The van der Waals surface area contributed by atoms with Gasteiger partial charge >= 0.3 is 5.97 Å². The lowest BCUT2D eigenvalue weighted by Gasteiger charge is -2.37. The van der Waals surface area contributed by atoms with Gasteiger partial charge in [0.05, 0.1) is 5.56 Å². The summed E-state index contributed by atoms with van der Waals surface area (Å²) in [5.74, 6) is 1.15. The number of esters is 1. The zero-order valence-corrected chi connectivity index (χ0v) is 22.3. The number of fused-ring (bicyclic) bond motifs is 6. The second-order valence-electron chi connectivity index (χ2n) is 9.98. The van der Waals surface area contributed by atoms with Gasteiger partial charge in [0.2, 0.25) is 0 Å². The molecule has 2 aliphatic heterocycles. The Bertz CT molecular complexity index is 1270. The van der Waals surface area contributed by atoms with Crippen molar-refractivity contribution in [3.63, 3.8) is 0 Å². The summed E-state index contributed by atoms with van der Waals surface area (Å²) in [6.45, 7) is 9.27. The first-order chi connectivity index (χ1) is 18.1. The summed E-state index contributed by atoms with van der Waals surface area (Å²) in [5, 5.41) is 3.59. The minimum atomic E-state index is -1.03. The third-order valence-electron chi connectivity index (χ3n) is 7.68. The maximum atomic E-state index is 13.1. The first kappa shape index (κ1) is 25.2. The van der Waals surface area contributed by atoms with Gasteiger partial charge in [-0.2, -0.15) is 0 Å². The predicted molar refractivity (Wildman–Crippen MR) is 150 cm³/mol. The second kappa shape index (κ2) is 10.9. The molecule has 0 aliphatic carbocycles. The van der Waals surface area contributed by atoms with Crippen LogP contribution in [0.15, 0.2) is 60.7 Å². The maximum Gasteiger partial charge on any atom is 0.340 e. The van der Waals surface area contributed by atoms with E-state index in [1.807, 2.05) is 30.3 Å². The highest BCUT2D eigenvalue weighted by Crippen LogP contribution is 2.56. The van der Waals surface area contributed by atoms with E-state index in [9.17, 15) is 4.79 Å². The molecule has 5 rings (SSSR count). The van der Waals surface area contributed by atoms with E-state index in [2.05, 4.69) is 61.3 Å². The first-order valence-corrected chi connectivity index (χ1v) is 13.9. The van der Waals surface area contributed by atoms with Crippen LogP contribution in [-0.2, 0) is 10.3 Å². The van der Waals surface area contributed by atoms with E-state index in [0.29, 0.717) is 5.56 Å². The fraction of sp³-hybridized carbons (Fsp3) is 0.406. The van der Waals surface area contributed by atoms with Crippen LogP contribution in [-0.4, -0.2) is 25.6 Å². The fourth-order valence-corrected chi connectivity index (χ4v) is 5.69. The Hall–Kier alpha value is -3.47. The van der Waals surface area contributed by atoms with Gasteiger partial charge in [0.15, 0.2) is 5.60 Å². The van der Waals surface area contributed by atoms with E-state index < -0.39 is 5.60 Å². The Labute approximate surface area is 220 Å². The van der Waals surface area contributed by atoms with Crippen molar-refractivity contribution in [2.45, 2.75) is 64.9 Å². The van der Waals surface area contributed by atoms with Crippen molar-refractivity contribution >= 4 is 17.3 Å². The zero-order valence-electron chi connectivity index (χ0n) is 22.3. The molecule has 1 N–H and O–H groups in total. The number of ether oxygens (including phenoxy) is 2. The highest BCUT2D eigenvalue weighted by Gasteiger charge is 2.53. The normalized spacial score (nSPS) is 17.0. The predicted octanol–water partition coefficient (Wildman–Crippen LogP) is 7.87. The molecule has 0 unspecified atom stereocenters. The number of carbonyl (C=O) groups is 1. The summed E-state index contributed by atoms with van der Waals surface area (Å²) in [4.78, 5) is 15.4. The number of hydrogen-bond acceptors (Lipinski definition) is 5. The number of hydrogen-bond donors (Lipinski definition) is 1. The van der Waals surface area contributed by atoms with Gasteiger partial charge in [0.1, 0.15) is 11.5 Å². The third kappa shape index (κ3) is 4.56. The zero-order chi connectivity index (χ0) is 25.8. The number of anilines is 2. The highest BCUT2D eigenvalue weighted by molar-refractivity contribution is 5.97. The Morgan fingerprint density at radius 2 is 1.57 bits per heavy atom. The van der Waals surface area contributed by atoms with Crippen LogP contribution in [0.4, 0.5) is 11.4 Å². The first-order valence-electron chi connectivity index (χ1n) is 13.9. The quantitative estimate of drug-likeness (QED) is 0.215. The number of benzene rings is 3. The van der Waals surface area contributed by atoms with E-state index in [1.54, 1.807) is 0 Å². The Morgan fingerprint density at radius 1 is 0.784 bits per heavy atom. The highest BCUT2D eigenvalue weighted by atomic mass is 16.6. The molecular weight excluding hydrogens is 460 g/mol. The fourth-order valence-electron chi connectivity index (χ4n) is 5.69. The maximum absolute atomic E-state index is 13.1. The lowest BCUT2D eigenvalue weighted by Crippen LogP contribution is -2.33. The van der Waals surface area contributed by atoms with Gasteiger partial charge in [-0.1, -0.05) is 57.2 Å². The Kier molecular flexibility index (Phi) is 7.40. The van der Waals surface area contributed by atoms with Crippen molar-refractivity contribution in [2.75, 3.05) is 29.9 Å². The van der Waals surface area contributed by atoms with Crippen molar-refractivity contribution in [1.82, 2.24) is 0 Å². The molecule has 194 valence electrons. The molecule has 2 aliphatic rings. The molecule has 3 aromatic carbocycles. The summed E-state index contributed by atoms with van der Waals surface area (Å²) in [6.07, 6.45) is 7.56. The van der Waals surface area contributed by atoms with Crippen molar-refractivity contribution in [1.29, 1.82) is 0 Å². The van der Waals surface area contributed by atoms with Crippen LogP contribution >= 0.6 is 0 Å². The summed E-state index contributed by atoms with van der Waals surface area (Å²) < 4.78 is 12.8. The molecule has 5 nitrogen and oxygen atoms in total. The van der Waals surface area contributed by atoms with Crippen LogP contribution in [0.25, 0.3) is 0 Å². The van der Waals surface area contributed by atoms with E-state index in [4.69, 9.17) is 9.47 Å². The summed E-state index contributed by atoms with van der Waals surface area (Å²) in [5.41, 5.74) is 4.28. The van der Waals surface area contributed by atoms with Crippen LogP contribution in [0.2, 0.25) is 0 Å². The average Bonchev–Trinajstić information content (AvgIpc) is 3.22. The third-order valence-corrected chi connectivity index (χ3v) is 7.68. The monoisotopic (exact) mass is 498 g/mol. The smallest absolute Gasteiger partial charge is 0.340 e. The summed E-state index contributed by atoms with van der Waals surface area (Å²) >= 11 is 0. The number of carbonyl (C=O) groups excluding carboxylic acids is 1. The molecule has 0 fully saturated rings. The lowest BCUT2D eigenvalue weighted by molar-refractivity contribution is 0.0224. The van der Waals surface area contributed by atoms with Gasteiger partial charge in [0.25, 0.3) is 0 Å². The average molecular weight is 499 g/mol. The van der Waals surface area contributed by atoms with E-state index in [1.165, 1.54) is 32.1 Å². The molecule has 0 radical (unpaired) electrons. The van der Waals surface area contributed by atoms with Crippen LogP contribution in [0.3, 0.4) is 0 Å². The largest absolute Gasteiger partial charge is 0.456 e. The minimum absolute atomic E-state index is 0.298. The van der Waals surface area contributed by atoms with Crippen molar-refractivity contribution in [3.05, 3.63) is 82.9 Å². The lowest BCUT2D eigenvalue weighted by atomic mass is 9.77. The number of rotatable bonds is 11. The van der Waals surface area contributed by atoms with E-state index in [-0.39, 0.29) is 5.97 Å². The van der Waals surface area contributed by atoms with Gasteiger partial charge in [-0.25, -0.2) is 4.79 Å². The van der Waals surface area contributed by atoms with Crippen molar-refractivity contribution in [2.24, 2.45) is 0 Å². The summed E-state index contributed by atoms with van der Waals surface area (Å²) in [7, 11) is 0. The van der Waals surface area contributed by atoms with Crippen molar-refractivity contribution < 1.29 is 14.3 Å². The van der Waals surface area contributed by atoms with Crippen LogP contribution in [0, 0.1) is 0 Å². The van der Waals surface area contributed by atoms with Gasteiger partial charge in [-0.3, -0.25) is 0 Å². The molecule has 0 amide bonds. The minimum Gasteiger partial charge on any atom is -0.456 e. The molecule has 5 heteroatoms. The SMILES string of the molecule is CCCCCCCCNc1ccc2c(c1)[C@@]1(OC(=O)c3ccccc31)c1ccc(N(CC)CC)cc1O2. The van der Waals surface area contributed by atoms with Gasteiger partial charge in [-0.15, -0.1) is 0 Å². The van der Waals surface area contributed by atoms with E-state index >= 15 is 0 Å². The van der Waals surface area contributed by atoms with Crippen LogP contribution in [0.1, 0.15) is 86.3 Å². The van der Waals surface area contributed by atoms with Crippen LogP contribution in [0.5, 0.6) is 11.5 Å². The standard InChI is InChI=1S/C32H38N2O3/c1-4-7-8-9-10-13-20-33-23-16-19-29-28(21-23)32(26-15-12-11-14-25(26)31(35)37-32)27-18-17-24(22-30(27)36-29)34(5-2)6-3/h11-12,14-19,21-22,33H,4-10,13,20H2,1-3H3/t32-/m0/s1. The molecule has 1 atom stereocenters. The molecule has 0 saturated heterocycles. The van der Waals surface area contributed by atoms with Gasteiger partial charge < -0.3 is 19.7 Å². The molecule has 0 aromatic heterocycles. The molecule has 1 spiro atoms.